The molecule has 126 valence electrons. The van der Waals surface area contributed by atoms with E-state index in [2.05, 4.69) is 0 Å². The number of benzene rings is 2. The molecule has 2 aromatic rings. The molecular formula is C19H21NO4. The minimum absolute atomic E-state index is 0.0125. The molecule has 0 fully saturated rings. The molecule has 2 aromatic carbocycles. The number of anilines is 1. The second kappa shape index (κ2) is 7.25. The van der Waals surface area contributed by atoms with Gasteiger partial charge in [0, 0.05) is 0 Å². The van der Waals surface area contributed by atoms with Crippen LogP contribution in [0.1, 0.15) is 12.5 Å². The summed E-state index contributed by atoms with van der Waals surface area (Å²) in [6.07, 6.45) is 0. The maximum Gasteiger partial charge on any atom is 0.265 e. The van der Waals surface area contributed by atoms with Crippen LogP contribution < -0.4 is 19.1 Å². The van der Waals surface area contributed by atoms with Crippen molar-refractivity contribution < 1.29 is 19.0 Å². The third kappa shape index (κ3) is 3.62. The third-order valence-electron chi connectivity index (χ3n) is 3.78. The molecule has 0 radical (unpaired) electrons. The van der Waals surface area contributed by atoms with Crippen LogP contribution in [0.25, 0.3) is 0 Å². The minimum Gasteiger partial charge on any atom is -0.494 e. The SMILES string of the molecule is CCOc1ccc(OCC(=O)N2CCOc3ccc(C)cc32)cc1. The van der Waals surface area contributed by atoms with Crippen molar-refractivity contribution in [1.82, 2.24) is 0 Å². The Bertz CT molecular complexity index is 712. The summed E-state index contributed by atoms with van der Waals surface area (Å²) < 4.78 is 16.6. The molecule has 0 spiro atoms. The van der Waals surface area contributed by atoms with Crippen molar-refractivity contribution in [2.45, 2.75) is 13.8 Å². The summed E-state index contributed by atoms with van der Waals surface area (Å²) >= 11 is 0. The predicted octanol–water partition coefficient (Wildman–Crippen LogP) is 3.20. The molecule has 24 heavy (non-hydrogen) atoms. The van der Waals surface area contributed by atoms with Gasteiger partial charge in [-0.2, -0.15) is 0 Å². The van der Waals surface area contributed by atoms with Crippen LogP contribution in [0, 0.1) is 6.92 Å². The summed E-state index contributed by atoms with van der Waals surface area (Å²) in [5.74, 6) is 2.08. The topological polar surface area (TPSA) is 48.0 Å². The number of ether oxygens (including phenoxy) is 3. The number of carbonyl (C=O) groups is 1. The molecule has 0 saturated carbocycles. The lowest BCUT2D eigenvalue weighted by Crippen LogP contribution is -2.40. The van der Waals surface area contributed by atoms with Crippen LogP contribution in [0.4, 0.5) is 5.69 Å². The van der Waals surface area contributed by atoms with Crippen LogP contribution in [0.5, 0.6) is 17.2 Å². The van der Waals surface area contributed by atoms with Crippen LogP contribution in [-0.2, 0) is 4.79 Å². The van der Waals surface area contributed by atoms with Gasteiger partial charge >= 0.3 is 0 Å². The normalized spacial score (nSPS) is 13.0. The molecule has 5 heteroatoms. The molecular weight excluding hydrogens is 306 g/mol. The standard InChI is InChI=1S/C19H21NO4/c1-3-22-15-5-7-16(8-6-15)24-13-19(21)20-10-11-23-18-9-4-14(2)12-17(18)20/h4-9,12H,3,10-11,13H2,1-2H3. The summed E-state index contributed by atoms with van der Waals surface area (Å²) in [6.45, 7) is 5.56. The summed E-state index contributed by atoms with van der Waals surface area (Å²) in [6, 6.07) is 13.1. The zero-order valence-electron chi connectivity index (χ0n) is 14.0. The highest BCUT2D eigenvalue weighted by Crippen LogP contribution is 2.32. The Morgan fingerprint density at radius 2 is 1.83 bits per heavy atom. The fraction of sp³-hybridized carbons (Fsp3) is 0.316. The summed E-state index contributed by atoms with van der Waals surface area (Å²) in [7, 11) is 0. The highest BCUT2D eigenvalue weighted by Gasteiger charge is 2.24. The lowest BCUT2D eigenvalue weighted by molar-refractivity contribution is -0.120. The van der Waals surface area contributed by atoms with Gasteiger partial charge in [0.05, 0.1) is 18.8 Å². The van der Waals surface area contributed by atoms with Gasteiger partial charge in [0.15, 0.2) is 6.61 Å². The van der Waals surface area contributed by atoms with E-state index in [-0.39, 0.29) is 12.5 Å². The fourth-order valence-corrected chi connectivity index (χ4v) is 2.61. The molecule has 0 N–H and O–H groups in total. The van der Waals surface area contributed by atoms with Gasteiger partial charge in [-0.05, 0) is 55.8 Å². The molecule has 0 unspecified atom stereocenters. The van der Waals surface area contributed by atoms with Crippen LogP contribution in [0.15, 0.2) is 42.5 Å². The Kier molecular flexibility index (Phi) is 4.89. The van der Waals surface area contributed by atoms with E-state index in [4.69, 9.17) is 14.2 Å². The summed E-state index contributed by atoms with van der Waals surface area (Å²) in [5, 5.41) is 0. The first-order valence-electron chi connectivity index (χ1n) is 8.07. The number of rotatable bonds is 5. The molecule has 1 aliphatic rings. The van der Waals surface area contributed by atoms with E-state index in [0.29, 0.717) is 25.5 Å². The molecule has 3 rings (SSSR count). The van der Waals surface area contributed by atoms with E-state index in [1.807, 2.05) is 44.2 Å². The van der Waals surface area contributed by atoms with E-state index >= 15 is 0 Å². The third-order valence-corrected chi connectivity index (χ3v) is 3.78. The van der Waals surface area contributed by atoms with Crippen molar-refractivity contribution in [3.8, 4) is 17.2 Å². The molecule has 5 nitrogen and oxygen atoms in total. The number of aryl methyl sites for hydroxylation is 1. The van der Waals surface area contributed by atoms with Crippen molar-refractivity contribution >= 4 is 11.6 Å². The van der Waals surface area contributed by atoms with Gasteiger partial charge in [-0.1, -0.05) is 6.07 Å². The Balaban J connectivity index is 1.65. The maximum atomic E-state index is 12.5. The largest absolute Gasteiger partial charge is 0.494 e. The molecule has 0 saturated heterocycles. The monoisotopic (exact) mass is 327 g/mol. The van der Waals surface area contributed by atoms with Gasteiger partial charge in [0.1, 0.15) is 23.9 Å². The second-order valence-corrected chi connectivity index (χ2v) is 5.56. The lowest BCUT2D eigenvalue weighted by Gasteiger charge is -2.29. The van der Waals surface area contributed by atoms with Gasteiger partial charge in [0.25, 0.3) is 5.91 Å². The van der Waals surface area contributed by atoms with Gasteiger partial charge in [-0.3, -0.25) is 4.79 Å². The van der Waals surface area contributed by atoms with E-state index in [1.165, 1.54) is 0 Å². The number of hydrogen-bond acceptors (Lipinski definition) is 4. The van der Waals surface area contributed by atoms with Crippen molar-refractivity contribution in [3.63, 3.8) is 0 Å². The molecule has 0 aliphatic carbocycles. The van der Waals surface area contributed by atoms with Gasteiger partial charge in [-0.25, -0.2) is 0 Å². The van der Waals surface area contributed by atoms with E-state index < -0.39 is 0 Å². The molecule has 1 aliphatic heterocycles. The summed E-state index contributed by atoms with van der Waals surface area (Å²) in [5.41, 5.74) is 1.89. The fourth-order valence-electron chi connectivity index (χ4n) is 2.61. The zero-order valence-corrected chi connectivity index (χ0v) is 14.0. The Morgan fingerprint density at radius 1 is 1.12 bits per heavy atom. The first kappa shape index (κ1) is 16.2. The van der Waals surface area contributed by atoms with Crippen LogP contribution in [0.3, 0.4) is 0 Å². The molecule has 0 atom stereocenters. The molecule has 0 bridgehead atoms. The van der Waals surface area contributed by atoms with Crippen molar-refractivity contribution in [2.75, 3.05) is 31.3 Å². The number of fused-ring (bicyclic) bond motifs is 1. The lowest BCUT2D eigenvalue weighted by atomic mass is 10.1. The first-order chi connectivity index (χ1) is 11.7. The second-order valence-electron chi connectivity index (χ2n) is 5.56. The van der Waals surface area contributed by atoms with E-state index in [9.17, 15) is 4.79 Å². The van der Waals surface area contributed by atoms with Crippen molar-refractivity contribution in [1.29, 1.82) is 0 Å². The maximum absolute atomic E-state index is 12.5. The van der Waals surface area contributed by atoms with Gasteiger partial charge < -0.3 is 19.1 Å². The van der Waals surface area contributed by atoms with E-state index in [0.717, 1.165) is 22.7 Å². The smallest absolute Gasteiger partial charge is 0.265 e. The number of nitrogens with zero attached hydrogens (tertiary/aromatic N) is 1. The quantitative estimate of drug-likeness (QED) is 0.846. The highest BCUT2D eigenvalue weighted by molar-refractivity contribution is 5.96. The minimum atomic E-state index is -0.0842. The average molecular weight is 327 g/mol. The van der Waals surface area contributed by atoms with Gasteiger partial charge in [0.2, 0.25) is 0 Å². The summed E-state index contributed by atoms with van der Waals surface area (Å²) in [4.78, 5) is 14.3. The van der Waals surface area contributed by atoms with Gasteiger partial charge in [-0.15, -0.1) is 0 Å². The average Bonchev–Trinajstić information content (AvgIpc) is 2.60. The first-order valence-corrected chi connectivity index (χ1v) is 8.07. The highest BCUT2D eigenvalue weighted by atomic mass is 16.5. The number of carbonyl (C=O) groups excluding carboxylic acids is 1. The predicted molar refractivity (Wildman–Crippen MR) is 92.1 cm³/mol. The number of hydrogen-bond donors (Lipinski definition) is 0. The van der Waals surface area contributed by atoms with Crippen molar-refractivity contribution in [3.05, 3.63) is 48.0 Å². The Hall–Kier alpha value is -2.69. The van der Waals surface area contributed by atoms with Crippen LogP contribution in [0.2, 0.25) is 0 Å². The molecule has 0 aromatic heterocycles. The molecule has 1 heterocycles. The van der Waals surface area contributed by atoms with Crippen molar-refractivity contribution in [2.24, 2.45) is 0 Å². The Labute approximate surface area is 141 Å². The van der Waals surface area contributed by atoms with E-state index in [1.54, 1.807) is 17.0 Å². The van der Waals surface area contributed by atoms with Crippen LogP contribution >= 0.6 is 0 Å². The molecule has 1 amide bonds. The zero-order chi connectivity index (χ0) is 16.9. The number of amides is 1. The van der Waals surface area contributed by atoms with Crippen LogP contribution in [-0.4, -0.2) is 32.3 Å². The Morgan fingerprint density at radius 3 is 2.54 bits per heavy atom.